The molecular formula is C36H68N4O8S2. The summed E-state index contributed by atoms with van der Waals surface area (Å²) in [5.74, 6) is 0. The number of likely N-dealkylation sites (tertiary alicyclic amines) is 2. The van der Waals surface area contributed by atoms with E-state index in [0.717, 1.165) is 25.7 Å². The van der Waals surface area contributed by atoms with Crippen molar-refractivity contribution in [3.8, 4) is 0 Å². The molecule has 0 unspecified atom stereocenters. The highest BCUT2D eigenvalue weighted by Gasteiger charge is 2.52. The van der Waals surface area contributed by atoms with Crippen LogP contribution in [0.3, 0.4) is 0 Å². The summed E-state index contributed by atoms with van der Waals surface area (Å²) in [5.41, 5.74) is -1.10. The van der Waals surface area contributed by atoms with Gasteiger partial charge in [-0.2, -0.15) is 0 Å². The lowest BCUT2D eigenvalue weighted by Gasteiger charge is -2.43. The van der Waals surface area contributed by atoms with E-state index >= 15 is 0 Å². The maximum absolute atomic E-state index is 12.6. The van der Waals surface area contributed by atoms with Gasteiger partial charge < -0.3 is 28.7 Å². The van der Waals surface area contributed by atoms with Gasteiger partial charge in [0.2, 0.25) is 0 Å². The Bertz CT molecular complexity index is 1130. The molecule has 0 saturated carbocycles. The van der Waals surface area contributed by atoms with Gasteiger partial charge in [0.15, 0.2) is 0 Å². The predicted molar refractivity (Wildman–Crippen MR) is 199 cm³/mol. The Balaban J connectivity index is 0.000000270. The molecular weight excluding hydrogens is 681 g/mol. The Labute approximate surface area is 307 Å². The molecule has 2 spiro atoms. The first kappa shape index (κ1) is 43.1. The summed E-state index contributed by atoms with van der Waals surface area (Å²) in [6.45, 7) is 31.0. The van der Waals surface area contributed by atoms with Gasteiger partial charge in [0.05, 0.1) is 69.0 Å². The Morgan fingerprint density at radius 2 is 0.880 bits per heavy atom. The number of nitrogens with zero attached hydrogens (tertiary/aromatic N) is 2. The molecule has 0 aromatic rings. The van der Waals surface area contributed by atoms with Crippen LogP contribution in [0.2, 0.25) is 0 Å². The molecule has 292 valence electrons. The summed E-state index contributed by atoms with van der Waals surface area (Å²) in [6.07, 6.45) is 2.84. The number of piperidine rings is 2. The monoisotopic (exact) mass is 748 g/mol. The lowest BCUT2D eigenvalue weighted by molar-refractivity contribution is 0.00566. The third kappa shape index (κ3) is 11.3. The molecule has 50 heavy (non-hydrogen) atoms. The molecule has 12 nitrogen and oxygen atoms in total. The number of carbonyl (C=O) groups excluding carboxylic acids is 2. The van der Waals surface area contributed by atoms with Crippen molar-refractivity contribution in [3.63, 3.8) is 0 Å². The third-order valence-electron chi connectivity index (χ3n) is 9.93. The van der Waals surface area contributed by atoms with E-state index in [1.54, 1.807) is 9.80 Å². The SMILES string of the molecule is C[C@@H]1OCC2(CCN(C(=O)OC(C)(C)C)CC2)[C@@H]1N[S@](=O)C(C)(C)C.C[C@H]1OCC2(CCN(C(=O)OC(C)(C)C)CC2)[C@@H]1N[S@](=O)C(C)(C)C. The molecule has 4 fully saturated rings. The van der Waals surface area contributed by atoms with E-state index in [4.69, 9.17) is 18.9 Å². The zero-order chi connectivity index (χ0) is 38.1. The minimum absolute atomic E-state index is 0.0133. The summed E-state index contributed by atoms with van der Waals surface area (Å²) in [4.78, 5) is 28.1. The molecule has 4 aliphatic rings. The van der Waals surface area contributed by atoms with Crippen molar-refractivity contribution in [2.75, 3.05) is 39.4 Å². The lowest BCUT2D eigenvalue weighted by atomic mass is 9.73. The first-order valence-corrected chi connectivity index (χ1v) is 20.5. The summed E-state index contributed by atoms with van der Waals surface area (Å²) in [7, 11) is -2.28. The second kappa shape index (κ2) is 16.0. The molecule has 14 heteroatoms. The fourth-order valence-corrected chi connectivity index (χ4v) is 8.87. The lowest BCUT2D eigenvalue weighted by Crippen LogP contribution is -2.55. The molecule has 4 saturated heterocycles. The Kier molecular flexibility index (Phi) is 13.8. The Hall–Kier alpha value is -1.32. The van der Waals surface area contributed by atoms with Crippen LogP contribution in [-0.4, -0.2) is 115 Å². The molecule has 0 aromatic heterocycles. The quantitative estimate of drug-likeness (QED) is 0.375. The normalized spacial score (nSPS) is 28.2. The van der Waals surface area contributed by atoms with Crippen LogP contribution in [0.5, 0.6) is 0 Å². The smallest absolute Gasteiger partial charge is 0.410 e. The van der Waals surface area contributed by atoms with Crippen LogP contribution in [0.15, 0.2) is 0 Å². The topological polar surface area (TPSA) is 136 Å². The number of amides is 2. The summed E-state index contributed by atoms with van der Waals surface area (Å²) >= 11 is 0. The minimum Gasteiger partial charge on any atom is -0.444 e. The van der Waals surface area contributed by atoms with Crippen molar-refractivity contribution in [2.24, 2.45) is 10.8 Å². The molecule has 0 radical (unpaired) electrons. The van der Waals surface area contributed by atoms with E-state index in [9.17, 15) is 18.0 Å². The van der Waals surface area contributed by atoms with E-state index in [1.807, 2.05) is 96.9 Å². The largest absolute Gasteiger partial charge is 0.444 e. The second-order valence-electron chi connectivity index (χ2n) is 18.6. The van der Waals surface area contributed by atoms with Gasteiger partial charge in [-0.05, 0) is 123 Å². The molecule has 0 aliphatic carbocycles. The summed E-state index contributed by atoms with van der Waals surface area (Å²) in [5, 5.41) is 0. The zero-order valence-corrected chi connectivity index (χ0v) is 35.0. The molecule has 4 aliphatic heterocycles. The Morgan fingerprint density at radius 3 is 1.12 bits per heavy atom. The average Bonchev–Trinajstić information content (AvgIpc) is 3.42. The van der Waals surface area contributed by atoms with E-state index in [1.165, 1.54) is 0 Å². The van der Waals surface area contributed by atoms with Crippen LogP contribution in [0.1, 0.15) is 123 Å². The molecule has 4 rings (SSSR count). The number of hydrogen-bond acceptors (Lipinski definition) is 8. The fourth-order valence-electron chi connectivity index (χ4n) is 6.82. The van der Waals surface area contributed by atoms with Gasteiger partial charge in [-0.1, -0.05) is 0 Å². The van der Waals surface area contributed by atoms with E-state index in [2.05, 4.69) is 9.44 Å². The number of rotatable bonds is 4. The fraction of sp³-hybridized carbons (Fsp3) is 0.944. The van der Waals surface area contributed by atoms with Crippen molar-refractivity contribution in [1.82, 2.24) is 19.2 Å². The number of carbonyl (C=O) groups is 2. The van der Waals surface area contributed by atoms with Crippen LogP contribution in [-0.2, 0) is 40.9 Å². The van der Waals surface area contributed by atoms with Gasteiger partial charge in [0.1, 0.15) is 11.2 Å². The van der Waals surface area contributed by atoms with Crippen LogP contribution >= 0.6 is 0 Å². The molecule has 2 N–H and O–H groups in total. The zero-order valence-electron chi connectivity index (χ0n) is 33.4. The van der Waals surface area contributed by atoms with Gasteiger partial charge in [-0.15, -0.1) is 0 Å². The highest BCUT2D eigenvalue weighted by molar-refractivity contribution is 7.84. The van der Waals surface area contributed by atoms with Crippen molar-refractivity contribution in [2.45, 2.75) is 168 Å². The van der Waals surface area contributed by atoms with E-state index in [-0.39, 0.29) is 56.8 Å². The van der Waals surface area contributed by atoms with Gasteiger partial charge in [-0.3, -0.25) is 0 Å². The summed E-state index contributed by atoms with van der Waals surface area (Å²) < 4.78 is 54.0. The minimum atomic E-state index is -1.14. The Morgan fingerprint density at radius 1 is 0.600 bits per heavy atom. The van der Waals surface area contributed by atoms with Gasteiger partial charge in [0.25, 0.3) is 0 Å². The number of nitrogens with one attached hydrogen (secondary N) is 2. The highest BCUT2D eigenvalue weighted by Crippen LogP contribution is 2.44. The van der Waals surface area contributed by atoms with Crippen LogP contribution in [0.4, 0.5) is 9.59 Å². The maximum atomic E-state index is 12.6. The molecule has 0 bridgehead atoms. The van der Waals surface area contributed by atoms with Crippen LogP contribution in [0, 0.1) is 10.8 Å². The second-order valence-corrected chi connectivity index (χ2v) is 22.6. The molecule has 2 amide bonds. The van der Waals surface area contributed by atoms with E-state index < -0.39 is 33.2 Å². The number of hydrogen-bond donors (Lipinski definition) is 2. The van der Waals surface area contributed by atoms with Crippen LogP contribution < -0.4 is 9.44 Å². The van der Waals surface area contributed by atoms with Gasteiger partial charge in [-0.25, -0.2) is 27.5 Å². The molecule has 0 aromatic carbocycles. The van der Waals surface area contributed by atoms with Crippen molar-refractivity contribution >= 4 is 34.2 Å². The van der Waals surface area contributed by atoms with Crippen molar-refractivity contribution in [3.05, 3.63) is 0 Å². The first-order chi connectivity index (χ1) is 22.7. The van der Waals surface area contributed by atoms with Gasteiger partial charge in [0, 0.05) is 37.0 Å². The highest BCUT2D eigenvalue weighted by atomic mass is 32.2. The number of ether oxygens (including phenoxy) is 4. The predicted octanol–water partition coefficient (Wildman–Crippen LogP) is 5.69. The van der Waals surface area contributed by atoms with Gasteiger partial charge >= 0.3 is 12.2 Å². The molecule has 6 atom stereocenters. The summed E-state index contributed by atoms with van der Waals surface area (Å²) in [6, 6.07) is 0.0710. The van der Waals surface area contributed by atoms with Crippen molar-refractivity contribution < 1.29 is 37.0 Å². The third-order valence-corrected chi connectivity index (χ3v) is 13.1. The van der Waals surface area contributed by atoms with Crippen LogP contribution in [0.25, 0.3) is 0 Å². The van der Waals surface area contributed by atoms with E-state index in [0.29, 0.717) is 39.4 Å². The molecule has 4 heterocycles. The maximum Gasteiger partial charge on any atom is 0.410 e. The average molecular weight is 749 g/mol. The first-order valence-electron chi connectivity index (χ1n) is 18.2. The van der Waals surface area contributed by atoms with Crippen molar-refractivity contribution in [1.29, 1.82) is 0 Å². The standard InChI is InChI=1S/2C18H34N2O4S/c2*1-13-14(19-25(22)17(5,6)7)18(12-23-13)8-10-20(11-9-18)15(21)24-16(2,3)4/h2*13-14,19H,8-12H2,1-7H3/t13-,14+,25+;13-,14-,25-/m01/s1.